The molecule has 0 saturated carbocycles. The van der Waals surface area contributed by atoms with Crippen LogP contribution in [0.4, 0.5) is 5.13 Å². The van der Waals surface area contributed by atoms with Crippen molar-refractivity contribution in [3.8, 4) is 0 Å². The third-order valence-electron chi connectivity index (χ3n) is 2.68. The van der Waals surface area contributed by atoms with Gasteiger partial charge in [0.15, 0.2) is 4.34 Å². The zero-order chi connectivity index (χ0) is 14.2. The molecule has 6 nitrogen and oxygen atoms in total. The van der Waals surface area contributed by atoms with Crippen molar-refractivity contribution in [2.24, 2.45) is 0 Å². The summed E-state index contributed by atoms with van der Waals surface area (Å²) in [5, 5.41) is 14.7. The molecule has 2 rings (SSSR count). The highest BCUT2D eigenvalue weighted by atomic mass is 32.2. The second kappa shape index (κ2) is 8.23. The summed E-state index contributed by atoms with van der Waals surface area (Å²) in [5.74, 6) is 0.351. The van der Waals surface area contributed by atoms with Crippen molar-refractivity contribution in [1.82, 2.24) is 15.5 Å². The molecular formula is C12H18N4O2S2. The third-order valence-corrected chi connectivity index (χ3v) is 4.70. The predicted octanol–water partition coefficient (Wildman–Crippen LogP) is 1.52. The summed E-state index contributed by atoms with van der Waals surface area (Å²) in [4.78, 5) is 11.7. The smallest absolute Gasteiger partial charge is 0.230 e. The molecule has 0 bridgehead atoms. The average molecular weight is 314 g/mol. The summed E-state index contributed by atoms with van der Waals surface area (Å²) in [6.07, 6.45) is 4.05. The van der Waals surface area contributed by atoms with Crippen LogP contribution in [0.2, 0.25) is 0 Å². The van der Waals surface area contributed by atoms with Crippen LogP contribution in [0.15, 0.2) is 17.0 Å². The summed E-state index contributed by atoms with van der Waals surface area (Å²) < 4.78 is 6.23. The summed E-state index contributed by atoms with van der Waals surface area (Å²) in [5.41, 5.74) is 0. The van der Waals surface area contributed by atoms with Crippen LogP contribution in [0, 0.1) is 0 Å². The molecule has 1 fully saturated rings. The van der Waals surface area contributed by atoms with Crippen molar-refractivity contribution in [3.63, 3.8) is 0 Å². The van der Waals surface area contributed by atoms with Gasteiger partial charge in [-0.2, -0.15) is 0 Å². The molecule has 0 aliphatic carbocycles. The van der Waals surface area contributed by atoms with Gasteiger partial charge in [-0.05, 0) is 12.8 Å². The normalized spacial score (nSPS) is 17.9. The first-order valence-electron chi connectivity index (χ1n) is 6.47. The Morgan fingerprint density at radius 3 is 3.25 bits per heavy atom. The number of amides is 1. The number of aromatic nitrogens is 2. The highest BCUT2D eigenvalue weighted by Gasteiger charge is 2.16. The van der Waals surface area contributed by atoms with E-state index in [0.29, 0.717) is 18.8 Å². The van der Waals surface area contributed by atoms with Crippen LogP contribution >= 0.6 is 23.1 Å². The van der Waals surface area contributed by atoms with Crippen molar-refractivity contribution in [3.05, 3.63) is 12.7 Å². The monoisotopic (exact) mass is 314 g/mol. The topological polar surface area (TPSA) is 76.1 Å². The fraction of sp³-hybridized carbons (Fsp3) is 0.583. The first-order valence-corrected chi connectivity index (χ1v) is 8.27. The third kappa shape index (κ3) is 5.10. The number of rotatable bonds is 8. The Morgan fingerprint density at radius 1 is 1.60 bits per heavy atom. The fourth-order valence-electron chi connectivity index (χ4n) is 1.71. The highest BCUT2D eigenvalue weighted by molar-refractivity contribution is 8.01. The maximum absolute atomic E-state index is 11.7. The molecule has 1 saturated heterocycles. The molecular weight excluding hydrogens is 296 g/mol. The summed E-state index contributed by atoms with van der Waals surface area (Å²) in [6.45, 7) is 5.68. The van der Waals surface area contributed by atoms with Crippen molar-refractivity contribution in [2.75, 3.05) is 30.8 Å². The largest absolute Gasteiger partial charge is 0.376 e. The standard InChI is InChI=1S/C12H18N4O2S2/c1-2-5-13-11-15-16-12(20-11)19-8-10(17)14-7-9-4-3-6-18-9/h2,9H,1,3-8H2,(H,13,15)(H,14,17)/t9-/m0/s1. The minimum atomic E-state index is 0.00120. The maximum Gasteiger partial charge on any atom is 0.230 e. The van der Waals surface area contributed by atoms with Gasteiger partial charge in [-0.3, -0.25) is 4.79 Å². The van der Waals surface area contributed by atoms with Crippen molar-refractivity contribution >= 4 is 34.1 Å². The van der Waals surface area contributed by atoms with Gasteiger partial charge < -0.3 is 15.4 Å². The van der Waals surface area contributed by atoms with E-state index >= 15 is 0 Å². The van der Waals surface area contributed by atoms with Crippen LogP contribution in [-0.2, 0) is 9.53 Å². The molecule has 0 unspecified atom stereocenters. The van der Waals surface area contributed by atoms with Gasteiger partial charge in [-0.25, -0.2) is 0 Å². The Hall–Kier alpha value is -1.12. The number of anilines is 1. The zero-order valence-corrected chi connectivity index (χ0v) is 12.8. The molecule has 1 aromatic rings. The minimum Gasteiger partial charge on any atom is -0.376 e. The van der Waals surface area contributed by atoms with Gasteiger partial charge in [0.05, 0.1) is 11.9 Å². The van der Waals surface area contributed by atoms with Crippen molar-refractivity contribution < 1.29 is 9.53 Å². The molecule has 8 heteroatoms. The van der Waals surface area contributed by atoms with Gasteiger partial charge in [0.2, 0.25) is 11.0 Å². The Labute approximate surface area is 126 Å². The van der Waals surface area contributed by atoms with E-state index in [4.69, 9.17) is 4.74 Å². The van der Waals surface area contributed by atoms with Gasteiger partial charge in [0.25, 0.3) is 0 Å². The lowest BCUT2D eigenvalue weighted by molar-refractivity contribution is -0.119. The van der Waals surface area contributed by atoms with E-state index in [1.54, 1.807) is 6.08 Å². The maximum atomic E-state index is 11.7. The summed E-state index contributed by atoms with van der Waals surface area (Å²) in [6, 6.07) is 0. The number of nitrogens with zero attached hydrogens (tertiary/aromatic N) is 2. The van der Waals surface area contributed by atoms with E-state index in [2.05, 4.69) is 27.4 Å². The van der Waals surface area contributed by atoms with Gasteiger partial charge in [0.1, 0.15) is 0 Å². The molecule has 110 valence electrons. The summed E-state index contributed by atoms with van der Waals surface area (Å²) in [7, 11) is 0. The van der Waals surface area contributed by atoms with Gasteiger partial charge in [-0.15, -0.1) is 16.8 Å². The van der Waals surface area contributed by atoms with Crippen LogP contribution in [-0.4, -0.2) is 47.7 Å². The van der Waals surface area contributed by atoms with E-state index in [9.17, 15) is 4.79 Å². The first-order chi connectivity index (χ1) is 9.78. The molecule has 2 heterocycles. The molecule has 20 heavy (non-hydrogen) atoms. The average Bonchev–Trinajstić information content (AvgIpc) is 3.12. The van der Waals surface area contributed by atoms with E-state index < -0.39 is 0 Å². The van der Waals surface area contributed by atoms with Crippen LogP contribution in [0.3, 0.4) is 0 Å². The molecule has 1 aliphatic rings. The number of hydrogen-bond donors (Lipinski definition) is 2. The van der Waals surface area contributed by atoms with E-state index in [-0.39, 0.29) is 12.0 Å². The van der Waals surface area contributed by atoms with Gasteiger partial charge in [0, 0.05) is 19.7 Å². The second-order valence-electron chi connectivity index (χ2n) is 4.27. The predicted molar refractivity (Wildman–Crippen MR) is 81.3 cm³/mol. The number of thioether (sulfide) groups is 1. The lowest BCUT2D eigenvalue weighted by Crippen LogP contribution is -2.32. The Morgan fingerprint density at radius 2 is 2.50 bits per heavy atom. The molecule has 2 N–H and O–H groups in total. The van der Waals surface area contributed by atoms with Crippen molar-refractivity contribution in [2.45, 2.75) is 23.3 Å². The lowest BCUT2D eigenvalue weighted by Gasteiger charge is -2.09. The molecule has 1 amide bonds. The van der Waals surface area contributed by atoms with Crippen LogP contribution in [0.5, 0.6) is 0 Å². The first kappa shape index (κ1) is 15.3. The molecule has 1 atom stereocenters. The lowest BCUT2D eigenvalue weighted by atomic mass is 10.2. The fourth-order valence-corrected chi connectivity index (χ4v) is 3.30. The van der Waals surface area contributed by atoms with Crippen LogP contribution < -0.4 is 10.6 Å². The summed E-state index contributed by atoms with van der Waals surface area (Å²) >= 11 is 2.83. The molecule has 0 spiro atoms. The molecule has 0 radical (unpaired) electrons. The number of hydrogen-bond acceptors (Lipinski definition) is 7. The minimum absolute atomic E-state index is 0.00120. The van der Waals surface area contributed by atoms with Crippen LogP contribution in [0.1, 0.15) is 12.8 Å². The number of nitrogens with one attached hydrogen (secondary N) is 2. The van der Waals surface area contributed by atoms with Gasteiger partial charge >= 0.3 is 0 Å². The molecule has 1 aromatic heterocycles. The molecule has 1 aliphatic heterocycles. The number of carbonyl (C=O) groups excluding carboxylic acids is 1. The number of ether oxygens (including phenoxy) is 1. The van der Waals surface area contributed by atoms with E-state index in [1.165, 1.54) is 23.1 Å². The SMILES string of the molecule is C=CCNc1nnc(SCC(=O)NC[C@@H]2CCCO2)s1. The van der Waals surface area contributed by atoms with E-state index in [1.807, 2.05) is 0 Å². The number of carbonyl (C=O) groups is 1. The zero-order valence-electron chi connectivity index (χ0n) is 11.1. The quantitative estimate of drug-likeness (QED) is 0.560. The Kier molecular flexibility index (Phi) is 6.28. The molecule has 0 aromatic carbocycles. The highest BCUT2D eigenvalue weighted by Crippen LogP contribution is 2.25. The van der Waals surface area contributed by atoms with Crippen molar-refractivity contribution in [1.29, 1.82) is 0 Å². The Bertz CT molecular complexity index is 446. The van der Waals surface area contributed by atoms with Gasteiger partial charge in [-0.1, -0.05) is 29.2 Å². The van der Waals surface area contributed by atoms with E-state index in [0.717, 1.165) is 28.9 Å². The van der Waals surface area contributed by atoms with Crippen LogP contribution in [0.25, 0.3) is 0 Å². The second-order valence-corrected chi connectivity index (χ2v) is 6.47. The Balaban J connectivity index is 1.64.